The van der Waals surface area contributed by atoms with Crippen molar-refractivity contribution in [3.8, 4) is 0 Å². The first kappa shape index (κ1) is 11.1. The van der Waals surface area contributed by atoms with E-state index in [4.69, 9.17) is 0 Å². The van der Waals surface area contributed by atoms with Crippen LogP contribution in [0.3, 0.4) is 0 Å². The number of nitrogens with zero attached hydrogens (tertiary/aromatic N) is 1. The second-order valence-corrected chi connectivity index (χ2v) is 4.24. The van der Waals surface area contributed by atoms with Gasteiger partial charge in [0.05, 0.1) is 12.3 Å². The Labute approximate surface area is 84.7 Å². The van der Waals surface area contributed by atoms with E-state index in [0.717, 1.165) is 0 Å². The third-order valence-electron chi connectivity index (χ3n) is 3.00. The molecule has 0 bridgehead atoms. The average Bonchev–Trinajstić information content (AvgIpc) is 2.40. The van der Waals surface area contributed by atoms with Crippen LogP contribution in [0.15, 0.2) is 0 Å². The van der Waals surface area contributed by atoms with Crippen LogP contribution in [0.4, 0.5) is 13.2 Å². The monoisotopic (exact) mass is 226 g/mol. The lowest BCUT2D eigenvalue weighted by Gasteiger charge is -2.33. The molecule has 0 spiro atoms. The zero-order chi connectivity index (χ0) is 11.3. The summed E-state index contributed by atoms with van der Waals surface area (Å²) >= 11 is 0. The Morgan fingerprint density at radius 2 is 2.07 bits per heavy atom. The summed E-state index contributed by atoms with van der Waals surface area (Å²) in [5.74, 6) is 0. The molecule has 4 nitrogen and oxygen atoms in total. The van der Waals surface area contributed by atoms with Crippen molar-refractivity contribution in [1.29, 1.82) is 0 Å². The lowest BCUT2D eigenvalue weighted by Crippen LogP contribution is -2.54. The molecule has 3 atom stereocenters. The van der Waals surface area contributed by atoms with Crippen LogP contribution in [-0.2, 0) is 0 Å². The Bertz CT molecular complexity index is 261. The highest BCUT2D eigenvalue weighted by Crippen LogP contribution is 2.40. The minimum Gasteiger partial charge on any atom is -0.390 e. The highest BCUT2D eigenvalue weighted by atomic mass is 19.4. The zero-order valence-electron chi connectivity index (χ0n) is 7.96. The Morgan fingerprint density at radius 3 is 2.67 bits per heavy atom. The predicted octanol–water partition coefficient (Wildman–Crippen LogP) is -0.724. The standard InChI is InChI=1S/C8H13F3N2O2/c9-8(10,11)7(15)1-6-12-2-5(14)3-13(6)4-7/h5-6,12,14-15H,1-4H2. The maximum Gasteiger partial charge on any atom is 0.418 e. The molecule has 2 saturated heterocycles. The van der Waals surface area contributed by atoms with Gasteiger partial charge in [-0.1, -0.05) is 0 Å². The summed E-state index contributed by atoms with van der Waals surface area (Å²) in [6, 6.07) is 0. The van der Waals surface area contributed by atoms with Gasteiger partial charge in [-0.2, -0.15) is 13.2 Å². The zero-order valence-corrected chi connectivity index (χ0v) is 7.96. The van der Waals surface area contributed by atoms with Crippen LogP contribution >= 0.6 is 0 Å². The maximum atomic E-state index is 12.5. The molecule has 0 radical (unpaired) electrons. The van der Waals surface area contributed by atoms with Crippen molar-refractivity contribution >= 4 is 0 Å². The molecular weight excluding hydrogens is 213 g/mol. The van der Waals surface area contributed by atoms with Crippen molar-refractivity contribution in [2.75, 3.05) is 19.6 Å². The first-order valence-corrected chi connectivity index (χ1v) is 4.76. The van der Waals surface area contributed by atoms with Gasteiger partial charge in [0, 0.05) is 26.1 Å². The normalized spacial score (nSPS) is 43.0. The van der Waals surface area contributed by atoms with E-state index in [1.807, 2.05) is 0 Å². The molecule has 0 saturated carbocycles. The molecule has 2 aliphatic rings. The number of rotatable bonds is 0. The summed E-state index contributed by atoms with van der Waals surface area (Å²) in [5, 5.41) is 21.5. The minimum absolute atomic E-state index is 0.177. The van der Waals surface area contributed by atoms with Crippen molar-refractivity contribution in [2.45, 2.75) is 30.5 Å². The first-order chi connectivity index (χ1) is 6.82. The van der Waals surface area contributed by atoms with E-state index in [9.17, 15) is 23.4 Å². The van der Waals surface area contributed by atoms with Crippen molar-refractivity contribution in [1.82, 2.24) is 10.2 Å². The lowest BCUT2D eigenvalue weighted by molar-refractivity contribution is -0.254. The van der Waals surface area contributed by atoms with Gasteiger partial charge in [-0.15, -0.1) is 0 Å². The summed E-state index contributed by atoms with van der Waals surface area (Å²) in [6.07, 6.45) is -6.14. The van der Waals surface area contributed by atoms with Crippen LogP contribution in [0.5, 0.6) is 0 Å². The van der Waals surface area contributed by atoms with Gasteiger partial charge in [0.2, 0.25) is 0 Å². The van der Waals surface area contributed by atoms with Gasteiger partial charge in [0.25, 0.3) is 0 Å². The second kappa shape index (κ2) is 3.31. The van der Waals surface area contributed by atoms with Crippen LogP contribution in [-0.4, -0.2) is 58.8 Å². The SMILES string of the molecule is OC1CNC2CC(O)(C(F)(F)F)CN2C1. The number of hydrogen-bond donors (Lipinski definition) is 3. The fraction of sp³-hybridized carbons (Fsp3) is 1.00. The van der Waals surface area contributed by atoms with Crippen LogP contribution in [0, 0.1) is 0 Å². The summed E-state index contributed by atoms with van der Waals surface area (Å²) in [4.78, 5) is 1.43. The fourth-order valence-corrected chi connectivity index (χ4v) is 2.17. The van der Waals surface area contributed by atoms with Gasteiger partial charge in [-0.25, -0.2) is 0 Å². The molecule has 2 heterocycles. The molecule has 0 aromatic heterocycles. The topological polar surface area (TPSA) is 55.7 Å². The van der Waals surface area contributed by atoms with E-state index < -0.39 is 30.6 Å². The molecule has 7 heteroatoms. The minimum atomic E-state index is -4.61. The molecule has 0 aliphatic carbocycles. The smallest absolute Gasteiger partial charge is 0.390 e. The fourth-order valence-electron chi connectivity index (χ4n) is 2.17. The number of aliphatic hydroxyl groups is 2. The van der Waals surface area contributed by atoms with Gasteiger partial charge >= 0.3 is 6.18 Å². The Balaban J connectivity index is 2.11. The van der Waals surface area contributed by atoms with E-state index in [0.29, 0.717) is 0 Å². The Kier molecular flexibility index (Phi) is 2.45. The van der Waals surface area contributed by atoms with Crippen molar-refractivity contribution in [3.63, 3.8) is 0 Å². The molecule has 0 amide bonds. The van der Waals surface area contributed by atoms with Crippen molar-refractivity contribution < 1.29 is 23.4 Å². The number of alkyl halides is 3. The van der Waals surface area contributed by atoms with Crippen molar-refractivity contribution in [3.05, 3.63) is 0 Å². The number of nitrogens with one attached hydrogen (secondary N) is 1. The van der Waals surface area contributed by atoms with Gasteiger partial charge < -0.3 is 10.2 Å². The van der Waals surface area contributed by atoms with Crippen molar-refractivity contribution in [2.24, 2.45) is 0 Å². The van der Waals surface area contributed by atoms with E-state index in [2.05, 4.69) is 5.32 Å². The third kappa shape index (κ3) is 1.84. The van der Waals surface area contributed by atoms with Crippen LogP contribution in [0.2, 0.25) is 0 Å². The molecule has 15 heavy (non-hydrogen) atoms. The number of aliphatic hydroxyl groups excluding tert-OH is 1. The van der Waals surface area contributed by atoms with Crippen LogP contribution in [0.1, 0.15) is 6.42 Å². The van der Waals surface area contributed by atoms with E-state index in [1.165, 1.54) is 4.90 Å². The molecular formula is C8H13F3N2O2. The molecule has 3 unspecified atom stereocenters. The van der Waals surface area contributed by atoms with Gasteiger partial charge in [-0.05, 0) is 0 Å². The van der Waals surface area contributed by atoms with E-state index >= 15 is 0 Å². The quantitative estimate of drug-likeness (QED) is 0.510. The van der Waals surface area contributed by atoms with Crippen LogP contribution in [0.25, 0.3) is 0 Å². The van der Waals surface area contributed by atoms with Crippen LogP contribution < -0.4 is 5.32 Å². The number of hydrogen-bond acceptors (Lipinski definition) is 4. The Morgan fingerprint density at radius 1 is 1.40 bits per heavy atom. The van der Waals surface area contributed by atoms with E-state index in [-0.39, 0.29) is 19.5 Å². The molecule has 2 fully saturated rings. The third-order valence-corrected chi connectivity index (χ3v) is 3.00. The summed E-state index contributed by atoms with van der Waals surface area (Å²) in [7, 11) is 0. The largest absolute Gasteiger partial charge is 0.418 e. The van der Waals surface area contributed by atoms with Gasteiger partial charge in [0.15, 0.2) is 5.60 Å². The lowest BCUT2D eigenvalue weighted by atomic mass is 10.0. The second-order valence-electron chi connectivity index (χ2n) is 4.24. The summed E-state index contributed by atoms with van der Waals surface area (Å²) in [6.45, 7) is -0.0175. The number of fused-ring (bicyclic) bond motifs is 1. The molecule has 2 aliphatic heterocycles. The van der Waals surface area contributed by atoms with E-state index in [1.54, 1.807) is 0 Å². The highest BCUT2D eigenvalue weighted by Gasteiger charge is 2.60. The maximum absolute atomic E-state index is 12.5. The summed E-state index contributed by atoms with van der Waals surface area (Å²) in [5.41, 5.74) is -2.64. The predicted molar refractivity (Wildman–Crippen MR) is 45.0 cm³/mol. The molecule has 0 aromatic rings. The Hall–Kier alpha value is -0.370. The number of β-amino-alcohol motifs (C(OH)–C–C–N with tert-alkyl or cyclic N) is 1. The molecule has 88 valence electrons. The first-order valence-electron chi connectivity index (χ1n) is 4.76. The highest BCUT2D eigenvalue weighted by molar-refractivity contribution is 5.02. The number of halogens is 3. The molecule has 0 aromatic carbocycles. The molecule has 2 rings (SSSR count). The molecule has 3 N–H and O–H groups in total. The van der Waals surface area contributed by atoms with Gasteiger partial charge in [0.1, 0.15) is 0 Å². The average molecular weight is 226 g/mol. The van der Waals surface area contributed by atoms with Gasteiger partial charge in [-0.3, -0.25) is 10.2 Å². The summed E-state index contributed by atoms with van der Waals surface area (Å²) < 4.78 is 37.5.